The van der Waals surface area contributed by atoms with E-state index in [0.717, 1.165) is 22.0 Å². The average molecular weight is 404 g/mol. The number of pyridine rings is 1. The predicted molar refractivity (Wildman–Crippen MR) is 113 cm³/mol. The zero-order chi connectivity index (χ0) is 20.3. The number of aromatic amines is 1. The Morgan fingerprint density at radius 1 is 0.931 bits per heavy atom. The molecule has 0 aliphatic carbocycles. The molecule has 0 fully saturated rings. The van der Waals surface area contributed by atoms with Crippen molar-refractivity contribution in [2.75, 3.05) is 0 Å². The number of nitrogens with one attached hydrogen (secondary N) is 1. The fourth-order valence-corrected chi connectivity index (χ4v) is 4.60. The second kappa shape index (κ2) is 8.01. The van der Waals surface area contributed by atoms with Crippen LogP contribution in [0.1, 0.15) is 28.0 Å². The normalized spacial score (nSPS) is 11.6. The van der Waals surface area contributed by atoms with Crippen LogP contribution in [0.3, 0.4) is 0 Å². The van der Waals surface area contributed by atoms with Gasteiger partial charge in [0.1, 0.15) is 0 Å². The minimum atomic E-state index is -3.40. The molecule has 0 aliphatic rings. The van der Waals surface area contributed by atoms with Gasteiger partial charge in [-0.1, -0.05) is 42.5 Å². The molecule has 2 heterocycles. The SMILES string of the molecule is O=C(CCc1ccc(S(=O)(=O)Cc2ccccc2)cc1)c1cc2cnccc2[nH]1. The van der Waals surface area contributed by atoms with Crippen molar-refractivity contribution in [3.8, 4) is 0 Å². The van der Waals surface area contributed by atoms with Crippen LogP contribution < -0.4 is 0 Å². The molecular weight excluding hydrogens is 384 g/mol. The maximum atomic E-state index is 12.6. The first kappa shape index (κ1) is 19.1. The van der Waals surface area contributed by atoms with Crippen molar-refractivity contribution in [2.45, 2.75) is 23.5 Å². The third kappa shape index (κ3) is 4.43. The van der Waals surface area contributed by atoms with Crippen molar-refractivity contribution in [1.29, 1.82) is 0 Å². The van der Waals surface area contributed by atoms with E-state index in [4.69, 9.17) is 0 Å². The summed E-state index contributed by atoms with van der Waals surface area (Å²) < 4.78 is 25.2. The average Bonchev–Trinajstić information content (AvgIpc) is 3.17. The highest BCUT2D eigenvalue weighted by atomic mass is 32.2. The molecule has 0 aliphatic heterocycles. The fourth-order valence-electron chi connectivity index (χ4n) is 3.26. The molecule has 0 bridgehead atoms. The second-order valence-corrected chi connectivity index (χ2v) is 8.95. The minimum absolute atomic E-state index is 0.0157. The van der Waals surface area contributed by atoms with Gasteiger partial charge in [-0.3, -0.25) is 9.78 Å². The third-order valence-electron chi connectivity index (χ3n) is 4.84. The smallest absolute Gasteiger partial charge is 0.182 e. The maximum Gasteiger partial charge on any atom is 0.182 e. The van der Waals surface area contributed by atoms with Crippen LogP contribution in [0.15, 0.2) is 84.0 Å². The lowest BCUT2D eigenvalue weighted by Gasteiger charge is -2.06. The van der Waals surface area contributed by atoms with Crippen molar-refractivity contribution < 1.29 is 13.2 Å². The molecule has 0 atom stereocenters. The number of aromatic nitrogens is 2. The number of aryl methyl sites for hydroxylation is 1. The molecule has 2 aromatic heterocycles. The van der Waals surface area contributed by atoms with Gasteiger partial charge in [-0.25, -0.2) is 8.42 Å². The first-order valence-electron chi connectivity index (χ1n) is 9.33. The number of sulfone groups is 1. The molecule has 0 saturated carbocycles. The van der Waals surface area contributed by atoms with Crippen molar-refractivity contribution in [2.24, 2.45) is 0 Å². The Morgan fingerprint density at radius 3 is 2.41 bits per heavy atom. The van der Waals surface area contributed by atoms with Crippen molar-refractivity contribution >= 4 is 26.5 Å². The number of hydrogen-bond donors (Lipinski definition) is 1. The Kier molecular flexibility index (Phi) is 5.27. The van der Waals surface area contributed by atoms with Gasteiger partial charge in [-0.05, 0) is 41.8 Å². The standard InChI is InChI=1S/C23H20N2O3S/c26-23(22-14-19-15-24-13-12-21(19)25-22)11-8-17-6-9-20(10-7-17)29(27,28)16-18-4-2-1-3-5-18/h1-7,9-10,12-15,25H,8,11,16H2. The van der Waals surface area contributed by atoms with Crippen LogP contribution in [-0.2, 0) is 22.0 Å². The Labute approximate surface area is 169 Å². The summed E-state index contributed by atoms with van der Waals surface area (Å²) >= 11 is 0. The van der Waals surface area contributed by atoms with Gasteiger partial charge in [-0.2, -0.15) is 0 Å². The zero-order valence-corrected chi connectivity index (χ0v) is 16.5. The van der Waals surface area contributed by atoms with E-state index in [2.05, 4.69) is 9.97 Å². The number of nitrogens with zero attached hydrogens (tertiary/aromatic N) is 1. The Morgan fingerprint density at radius 2 is 1.69 bits per heavy atom. The summed E-state index contributed by atoms with van der Waals surface area (Å²) in [7, 11) is -3.40. The number of H-pyrrole nitrogens is 1. The highest BCUT2D eigenvalue weighted by molar-refractivity contribution is 7.90. The lowest BCUT2D eigenvalue weighted by molar-refractivity contribution is 0.0979. The van der Waals surface area contributed by atoms with Crippen LogP contribution in [0.4, 0.5) is 0 Å². The Hall–Kier alpha value is -3.25. The first-order chi connectivity index (χ1) is 14.0. The molecule has 1 N–H and O–H groups in total. The number of rotatable bonds is 7. The molecule has 0 radical (unpaired) electrons. The van der Waals surface area contributed by atoms with E-state index in [1.807, 2.05) is 30.3 Å². The molecular formula is C23H20N2O3S. The van der Waals surface area contributed by atoms with E-state index in [9.17, 15) is 13.2 Å². The van der Waals surface area contributed by atoms with Gasteiger partial charge in [-0.15, -0.1) is 0 Å². The van der Waals surface area contributed by atoms with Crippen molar-refractivity contribution in [1.82, 2.24) is 9.97 Å². The lowest BCUT2D eigenvalue weighted by atomic mass is 10.1. The molecule has 4 aromatic rings. The third-order valence-corrected chi connectivity index (χ3v) is 6.55. The molecule has 5 nitrogen and oxygen atoms in total. The van der Waals surface area contributed by atoms with E-state index >= 15 is 0 Å². The van der Waals surface area contributed by atoms with Gasteiger partial charge >= 0.3 is 0 Å². The van der Waals surface area contributed by atoms with Gasteiger partial charge in [0.2, 0.25) is 0 Å². The minimum Gasteiger partial charge on any atom is -0.352 e. The molecule has 0 unspecified atom stereocenters. The maximum absolute atomic E-state index is 12.6. The van der Waals surface area contributed by atoms with Gasteiger partial charge in [0.15, 0.2) is 15.6 Å². The van der Waals surface area contributed by atoms with E-state index in [0.29, 0.717) is 23.4 Å². The van der Waals surface area contributed by atoms with Gasteiger partial charge in [0.25, 0.3) is 0 Å². The number of fused-ring (bicyclic) bond motifs is 1. The fraction of sp³-hybridized carbons (Fsp3) is 0.130. The summed E-state index contributed by atoms with van der Waals surface area (Å²) in [5.74, 6) is -0.0112. The number of hydrogen-bond acceptors (Lipinski definition) is 4. The van der Waals surface area contributed by atoms with Gasteiger partial charge in [0, 0.05) is 29.7 Å². The quantitative estimate of drug-likeness (QED) is 0.464. The van der Waals surface area contributed by atoms with E-state index < -0.39 is 9.84 Å². The van der Waals surface area contributed by atoms with E-state index in [1.165, 1.54) is 0 Å². The molecule has 6 heteroatoms. The van der Waals surface area contributed by atoms with Crippen molar-refractivity contribution in [3.05, 3.63) is 95.9 Å². The van der Waals surface area contributed by atoms with Crippen LogP contribution in [0, 0.1) is 0 Å². The molecule has 146 valence electrons. The summed E-state index contributed by atoms with van der Waals surface area (Å²) in [6, 6.07) is 19.6. The van der Waals surface area contributed by atoms with E-state index in [1.54, 1.807) is 48.8 Å². The molecule has 4 rings (SSSR count). The Balaban J connectivity index is 1.41. The number of Topliss-reactive ketones (excluding diaryl/α,β-unsaturated/α-hetero) is 1. The first-order valence-corrected chi connectivity index (χ1v) is 11.0. The molecule has 0 spiro atoms. The van der Waals surface area contributed by atoms with Crippen LogP contribution in [0.25, 0.3) is 10.9 Å². The summed E-state index contributed by atoms with van der Waals surface area (Å²) in [5, 5.41) is 0.906. The lowest BCUT2D eigenvalue weighted by Crippen LogP contribution is -2.05. The van der Waals surface area contributed by atoms with Crippen LogP contribution in [0.2, 0.25) is 0 Å². The van der Waals surface area contributed by atoms with Crippen LogP contribution in [0.5, 0.6) is 0 Å². The topological polar surface area (TPSA) is 79.9 Å². The number of benzene rings is 2. The number of ketones is 1. The number of carbonyl (C=O) groups is 1. The summed E-state index contributed by atoms with van der Waals surface area (Å²) in [6.07, 6.45) is 4.29. The highest BCUT2D eigenvalue weighted by Crippen LogP contribution is 2.19. The molecule has 0 saturated heterocycles. The zero-order valence-electron chi connectivity index (χ0n) is 15.7. The Bertz CT molecular complexity index is 1210. The van der Waals surface area contributed by atoms with Gasteiger partial charge < -0.3 is 4.98 Å². The number of carbonyl (C=O) groups excluding carboxylic acids is 1. The van der Waals surface area contributed by atoms with Crippen molar-refractivity contribution in [3.63, 3.8) is 0 Å². The monoisotopic (exact) mass is 404 g/mol. The summed E-state index contributed by atoms with van der Waals surface area (Å²) in [6.45, 7) is 0. The highest BCUT2D eigenvalue weighted by Gasteiger charge is 2.15. The summed E-state index contributed by atoms with van der Waals surface area (Å²) in [4.78, 5) is 19.9. The largest absolute Gasteiger partial charge is 0.352 e. The molecule has 0 amide bonds. The van der Waals surface area contributed by atoms with Crippen LogP contribution in [-0.4, -0.2) is 24.2 Å². The molecule has 2 aromatic carbocycles. The summed E-state index contributed by atoms with van der Waals surface area (Å²) in [5.41, 5.74) is 3.14. The van der Waals surface area contributed by atoms with E-state index in [-0.39, 0.29) is 11.5 Å². The molecule has 29 heavy (non-hydrogen) atoms. The van der Waals surface area contributed by atoms with Gasteiger partial charge in [0.05, 0.1) is 16.3 Å². The predicted octanol–water partition coefficient (Wildman–Crippen LogP) is 4.35. The second-order valence-electron chi connectivity index (χ2n) is 6.96. The van der Waals surface area contributed by atoms with Crippen LogP contribution >= 0.6 is 0 Å².